The van der Waals surface area contributed by atoms with Gasteiger partial charge in [0.15, 0.2) is 17.9 Å². The third-order valence-electron chi connectivity index (χ3n) is 7.84. The number of carbonyl (C=O) groups excluding carboxylic acids is 2. The zero-order valence-electron chi connectivity index (χ0n) is 21.6. The summed E-state index contributed by atoms with van der Waals surface area (Å²) < 4.78 is 17.2. The lowest BCUT2D eigenvalue weighted by Crippen LogP contribution is -2.52. The Morgan fingerprint density at radius 2 is 1.90 bits per heavy atom. The summed E-state index contributed by atoms with van der Waals surface area (Å²) in [5.41, 5.74) is 3.62. The summed E-state index contributed by atoms with van der Waals surface area (Å²) in [7, 11) is 1.40. The average molecular weight is 563 g/mol. The van der Waals surface area contributed by atoms with E-state index >= 15 is 0 Å². The molecule has 11 nitrogen and oxygen atoms in total. The van der Waals surface area contributed by atoms with Crippen LogP contribution in [0.4, 0.5) is 0 Å². The molecule has 0 radical (unpaired) electrons. The van der Waals surface area contributed by atoms with E-state index in [-0.39, 0.29) is 76.5 Å². The maximum atomic E-state index is 13.5. The number of halogens is 1. The first-order valence-corrected chi connectivity index (χ1v) is 12.3. The van der Waals surface area contributed by atoms with Gasteiger partial charge in [0, 0.05) is 42.0 Å². The van der Waals surface area contributed by atoms with Crippen LogP contribution in [0, 0.1) is 5.41 Å². The standard InChI is InChI=1S/C27H30N2O9.ClH/c1-10-23(31)14(28)7-17(37-10)38-16-9-27(35,11(2)30)8-13-19(16)26(34)20-21(25(13)33)24(32)12-5-4-6-15(36-3)18(12)22(20)29;/h4-6,10,14,16-17,23,29,31,33-35H,7-9,28H2,1-3H3;1H. The van der Waals surface area contributed by atoms with Gasteiger partial charge in [0.1, 0.15) is 22.8 Å². The highest BCUT2D eigenvalue weighted by molar-refractivity contribution is 6.32. The van der Waals surface area contributed by atoms with E-state index in [4.69, 9.17) is 25.4 Å². The molecular weight excluding hydrogens is 532 g/mol. The number of aliphatic hydroxyl groups excluding tert-OH is 1. The van der Waals surface area contributed by atoms with E-state index in [2.05, 4.69) is 0 Å². The number of benzene rings is 2. The van der Waals surface area contributed by atoms with Crippen LogP contribution in [0.25, 0.3) is 0 Å². The fourth-order valence-corrected chi connectivity index (χ4v) is 5.70. The summed E-state index contributed by atoms with van der Waals surface area (Å²) >= 11 is 0. The maximum absolute atomic E-state index is 13.5. The van der Waals surface area contributed by atoms with Crippen molar-refractivity contribution < 1.29 is 44.2 Å². The number of nitrogens with two attached hydrogens (primary N) is 1. The van der Waals surface area contributed by atoms with Gasteiger partial charge in [-0.3, -0.25) is 15.0 Å². The summed E-state index contributed by atoms with van der Waals surface area (Å²) in [5.74, 6) is -2.01. The highest BCUT2D eigenvalue weighted by atomic mass is 35.5. The van der Waals surface area contributed by atoms with Crippen LogP contribution < -0.4 is 10.5 Å². The molecular formula is C27H31ClN2O9. The van der Waals surface area contributed by atoms with Crippen LogP contribution in [0.1, 0.15) is 71.0 Å². The van der Waals surface area contributed by atoms with Gasteiger partial charge < -0.3 is 40.4 Å². The monoisotopic (exact) mass is 562 g/mol. The van der Waals surface area contributed by atoms with Crippen LogP contribution in [-0.4, -0.2) is 75.0 Å². The molecule has 0 spiro atoms. The quantitative estimate of drug-likeness (QED) is 0.254. The summed E-state index contributed by atoms with van der Waals surface area (Å²) in [5, 5.41) is 53.2. The molecule has 6 unspecified atom stereocenters. The van der Waals surface area contributed by atoms with Crippen LogP contribution in [0.15, 0.2) is 18.2 Å². The summed E-state index contributed by atoms with van der Waals surface area (Å²) in [6.07, 6.45) is -4.30. The van der Waals surface area contributed by atoms with Gasteiger partial charge in [0.25, 0.3) is 0 Å². The number of rotatable bonds is 4. The number of Topliss-reactive ketones (excluding diaryl/α,β-unsaturated/α-hetero) is 1. The number of aromatic hydroxyl groups is 2. The Balaban J connectivity index is 0.00000353. The van der Waals surface area contributed by atoms with E-state index < -0.39 is 59.3 Å². The molecule has 0 amide bonds. The molecule has 1 saturated heterocycles. The first-order valence-electron chi connectivity index (χ1n) is 12.3. The van der Waals surface area contributed by atoms with Crippen molar-refractivity contribution in [1.82, 2.24) is 0 Å². The number of carbonyl (C=O) groups is 2. The van der Waals surface area contributed by atoms with E-state index in [0.29, 0.717) is 0 Å². The Hall–Kier alpha value is -3.06. The van der Waals surface area contributed by atoms with Crippen LogP contribution in [0.3, 0.4) is 0 Å². The molecule has 2 aliphatic carbocycles. The van der Waals surface area contributed by atoms with Crippen molar-refractivity contribution in [1.29, 1.82) is 5.41 Å². The van der Waals surface area contributed by atoms with Crippen molar-refractivity contribution in [3.63, 3.8) is 0 Å². The lowest BCUT2D eigenvalue weighted by Gasteiger charge is -2.42. The number of ether oxygens (including phenoxy) is 3. The van der Waals surface area contributed by atoms with Crippen molar-refractivity contribution in [2.45, 2.75) is 69.4 Å². The Labute approximate surface area is 230 Å². The number of hydrogen-bond donors (Lipinski definition) is 6. The molecule has 39 heavy (non-hydrogen) atoms. The molecule has 1 heterocycles. The largest absolute Gasteiger partial charge is 0.507 e. The predicted molar refractivity (Wildman–Crippen MR) is 140 cm³/mol. The zero-order valence-corrected chi connectivity index (χ0v) is 22.4. The maximum Gasteiger partial charge on any atom is 0.198 e. The smallest absolute Gasteiger partial charge is 0.198 e. The molecule has 7 N–H and O–H groups in total. The summed E-state index contributed by atoms with van der Waals surface area (Å²) in [6.45, 7) is 2.82. The third kappa shape index (κ3) is 4.39. The number of aliphatic hydroxyl groups is 2. The molecule has 3 aliphatic rings. The van der Waals surface area contributed by atoms with E-state index in [1.165, 1.54) is 20.1 Å². The highest BCUT2D eigenvalue weighted by Gasteiger charge is 2.49. The van der Waals surface area contributed by atoms with Crippen molar-refractivity contribution in [2.24, 2.45) is 5.73 Å². The molecule has 5 rings (SSSR count). The van der Waals surface area contributed by atoms with Crippen LogP contribution in [-0.2, 0) is 20.7 Å². The molecule has 2 aromatic rings. The molecule has 0 aromatic heterocycles. The van der Waals surface area contributed by atoms with Crippen molar-refractivity contribution >= 4 is 29.7 Å². The minimum atomic E-state index is -1.97. The molecule has 6 atom stereocenters. The number of phenols is 2. The normalized spacial score (nSPS) is 29.5. The van der Waals surface area contributed by atoms with Gasteiger partial charge in [0.2, 0.25) is 0 Å². The first kappa shape index (κ1) is 28.9. The van der Waals surface area contributed by atoms with E-state index in [1.807, 2.05) is 0 Å². The lowest BCUT2D eigenvalue weighted by molar-refractivity contribution is -0.247. The molecule has 0 saturated carbocycles. The lowest BCUT2D eigenvalue weighted by atomic mass is 9.72. The fourth-order valence-electron chi connectivity index (χ4n) is 5.70. The van der Waals surface area contributed by atoms with Gasteiger partial charge in [-0.05, 0) is 19.9 Å². The second-order valence-electron chi connectivity index (χ2n) is 10.2. The third-order valence-corrected chi connectivity index (χ3v) is 7.84. The predicted octanol–water partition coefficient (Wildman–Crippen LogP) is 1.64. The molecule has 210 valence electrons. The topological polar surface area (TPSA) is 193 Å². The van der Waals surface area contributed by atoms with Gasteiger partial charge in [0.05, 0.1) is 47.8 Å². The minimum Gasteiger partial charge on any atom is -0.507 e. The number of hydrogen-bond acceptors (Lipinski definition) is 11. The zero-order chi connectivity index (χ0) is 27.7. The molecule has 2 aromatic carbocycles. The molecule has 0 bridgehead atoms. The number of phenolic OH excluding ortho intramolecular Hbond substituents is 2. The number of fused-ring (bicyclic) bond motifs is 3. The molecule has 12 heteroatoms. The van der Waals surface area contributed by atoms with Crippen LogP contribution in [0.5, 0.6) is 17.2 Å². The fraction of sp³-hybridized carbons (Fsp3) is 0.444. The van der Waals surface area contributed by atoms with Crippen molar-refractivity contribution in [2.75, 3.05) is 7.11 Å². The van der Waals surface area contributed by atoms with E-state index in [9.17, 15) is 30.0 Å². The second kappa shape index (κ2) is 10.2. The van der Waals surface area contributed by atoms with Gasteiger partial charge in [-0.15, -0.1) is 12.4 Å². The van der Waals surface area contributed by atoms with Gasteiger partial charge >= 0.3 is 0 Å². The van der Waals surface area contributed by atoms with Gasteiger partial charge in [-0.1, -0.05) is 12.1 Å². The van der Waals surface area contributed by atoms with Gasteiger partial charge in [-0.2, -0.15) is 0 Å². The van der Waals surface area contributed by atoms with Crippen molar-refractivity contribution in [3.8, 4) is 17.2 Å². The molecule has 1 fully saturated rings. The van der Waals surface area contributed by atoms with Crippen molar-refractivity contribution in [3.05, 3.63) is 51.6 Å². The van der Waals surface area contributed by atoms with E-state index in [1.54, 1.807) is 19.1 Å². The number of ketones is 2. The van der Waals surface area contributed by atoms with Crippen LogP contribution >= 0.6 is 12.4 Å². The Bertz CT molecular complexity index is 1370. The Kier molecular flexibility index (Phi) is 7.54. The minimum absolute atomic E-state index is 0. The second-order valence-corrected chi connectivity index (χ2v) is 10.2. The summed E-state index contributed by atoms with van der Waals surface area (Å²) in [6, 6.07) is 3.98. The average Bonchev–Trinajstić information content (AvgIpc) is 2.87. The highest BCUT2D eigenvalue weighted by Crippen LogP contribution is 2.52. The SMILES string of the molecule is COc1cccc2c1C(=N)c1c(O)c3c(c(O)c1C2=O)CC(O)(C(C)=O)CC3OC1CC(N)C(O)C(C)O1.Cl. The summed E-state index contributed by atoms with van der Waals surface area (Å²) in [4.78, 5) is 26.0. The molecule has 1 aliphatic heterocycles. The Morgan fingerprint density at radius 3 is 2.51 bits per heavy atom. The van der Waals surface area contributed by atoms with E-state index in [0.717, 1.165) is 0 Å². The number of methoxy groups -OCH3 is 1. The number of nitrogens with one attached hydrogen (secondary N) is 1. The van der Waals surface area contributed by atoms with Gasteiger partial charge in [-0.25, -0.2) is 0 Å². The van der Waals surface area contributed by atoms with Crippen LogP contribution in [0.2, 0.25) is 0 Å². The first-order chi connectivity index (χ1) is 17.9. The Morgan fingerprint density at radius 1 is 1.21 bits per heavy atom.